The Labute approximate surface area is 267 Å². The second-order valence-electron chi connectivity index (χ2n) is 12.2. The van der Waals surface area contributed by atoms with E-state index in [2.05, 4.69) is 38.8 Å². The number of ether oxygens (including phenoxy) is 1. The molecule has 4 rings (SSSR count). The number of allylic oxidation sites excluding steroid dienone is 1. The van der Waals surface area contributed by atoms with E-state index in [9.17, 15) is 19.5 Å². The summed E-state index contributed by atoms with van der Waals surface area (Å²) in [5.41, 5.74) is 1.86. The summed E-state index contributed by atoms with van der Waals surface area (Å²) in [6.07, 6.45) is 8.93. The monoisotopic (exact) mass is 625 g/mol. The number of fused-ring (bicyclic) bond motifs is 1. The van der Waals surface area contributed by atoms with Crippen molar-refractivity contribution in [1.29, 1.82) is 0 Å². The van der Waals surface area contributed by atoms with Crippen molar-refractivity contribution in [2.75, 3.05) is 49.2 Å². The van der Waals surface area contributed by atoms with Crippen molar-refractivity contribution >= 4 is 40.9 Å². The number of anilines is 2. The van der Waals surface area contributed by atoms with Crippen molar-refractivity contribution in [3.63, 3.8) is 0 Å². The van der Waals surface area contributed by atoms with E-state index < -0.39 is 22.6 Å². The number of aliphatic hydroxyl groups is 1. The largest absolute Gasteiger partial charge is 0.465 e. The average Bonchev–Trinajstić information content (AvgIpc) is 3.62. The van der Waals surface area contributed by atoms with Crippen LogP contribution < -0.4 is 9.80 Å². The Bertz CT molecular complexity index is 1170. The second kappa shape index (κ2) is 15.5. The van der Waals surface area contributed by atoms with E-state index in [1.807, 2.05) is 24.3 Å². The van der Waals surface area contributed by atoms with Crippen LogP contribution in [-0.4, -0.2) is 83.2 Å². The van der Waals surface area contributed by atoms with Gasteiger partial charge in [-0.05, 0) is 76.1 Å². The number of amides is 2. The molecule has 3 aliphatic heterocycles. The van der Waals surface area contributed by atoms with Gasteiger partial charge in [0.25, 0.3) is 5.91 Å². The SMILES string of the molecule is C=CCCCOC(=O)[C@@H]1[C@@H]2CC(C)C3(S2)C(C(=O)N(CC=C)c2ccc(N(CC)CC)cc2)N(CCCCCCO)C(=O)[C@H]13. The molecule has 3 unspecified atom stereocenters. The van der Waals surface area contributed by atoms with Gasteiger partial charge in [-0.2, -0.15) is 0 Å². The summed E-state index contributed by atoms with van der Waals surface area (Å²) >= 11 is 1.68. The Morgan fingerprint density at radius 2 is 1.75 bits per heavy atom. The number of carbonyl (C=O) groups is 3. The maximum absolute atomic E-state index is 14.9. The van der Waals surface area contributed by atoms with Crippen molar-refractivity contribution in [3.8, 4) is 0 Å². The first-order chi connectivity index (χ1) is 21.3. The molecule has 3 heterocycles. The molecule has 0 saturated carbocycles. The lowest BCUT2D eigenvalue weighted by atomic mass is 9.66. The number of rotatable bonds is 18. The molecule has 1 aromatic carbocycles. The van der Waals surface area contributed by atoms with E-state index in [1.54, 1.807) is 33.7 Å². The summed E-state index contributed by atoms with van der Waals surface area (Å²) < 4.78 is 5.02. The predicted molar refractivity (Wildman–Crippen MR) is 179 cm³/mol. The summed E-state index contributed by atoms with van der Waals surface area (Å²) in [5, 5.41) is 9.19. The summed E-state index contributed by atoms with van der Waals surface area (Å²) in [5.74, 6) is -1.59. The number of hydrogen-bond donors (Lipinski definition) is 1. The molecule has 0 radical (unpaired) electrons. The number of hydrogen-bond acceptors (Lipinski definition) is 7. The van der Waals surface area contributed by atoms with Gasteiger partial charge in [0, 0.05) is 49.4 Å². The molecule has 2 bridgehead atoms. The smallest absolute Gasteiger partial charge is 0.310 e. The number of thioether (sulfide) groups is 1. The van der Waals surface area contributed by atoms with Crippen LogP contribution in [0.5, 0.6) is 0 Å². The van der Waals surface area contributed by atoms with Crippen LogP contribution in [0.3, 0.4) is 0 Å². The minimum atomic E-state index is -0.699. The van der Waals surface area contributed by atoms with Crippen LogP contribution in [0.4, 0.5) is 11.4 Å². The highest BCUT2D eigenvalue weighted by molar-refractivity contribution is 8.02. The van der Waals surface area contributed by atoms with Crippen molar-refractivity contribution in [2.24, 2.45) is 17.8 Å². The summed E-state index contributed by atoms with van der Waals surface area (Å²) in [7, 11) is 0. The summed E-state index contributed by atoms with van der Waals surface area (Å²) in [4.78, 5) is 48.6. The zero-order chi connectivity index (χ0) is 31.9. The van der Waals surface area contributed by atoms with Gasteiger partial charge in [0.05, 0.1) is 23.2 Å². The molecule has 3 saturated heterocycles. The predicted octanol–water partition coefficient (Wildman–Crippen LogP) is 5.45. The summed E-state index contributed by atoms with van der Waals surface area (Å²) in [6.45, 7) is 17.1. The van der Waals surface area contributed by atoms with Crippen molar-refractivity contribution < 1.29 is 24.2 Å². The van der Waals surface area contributed by atoms with Crippen molar-refractivity contribution in [2.45, 2.75) is 81.8 Å². The molecular weight excluding hydrogens is 574 g/mol. The number of aliphatic hydroxyl groups excluding tert-OH is 1. The van der Waals surface area contributed by atoms with E-state index in [-0.39, 0.29) is 35.6 Å². The molecule has 0 aliphatic carbocycles. The van der Waals surface area contributed by atoms with Gasteiger partial charge in [-0.3, -0.25) is 14.4 Å². The molecule has 3 aliphatic rings. The Balaban J connectivity index is 1.68. The lowest BCUT2D eigenvalue weighted by molar-refractivity contribution is -0.154. The molecule has 1 N–H and O–H groups in total. The quantitative estimate of drug-likeness (QED) is 0.132. The molecule has 9 heteroatoms. The minimum Gasteiger partial charge on any atom is -0.465 e. The Morgan fingerprint density at radius 1 is 1.07 bits per heavy atom. The van der Waals surface area contributed by atoms with Crippen molar-refractivity contribution in [1.82, 2.24) is 4.90 Å². The van der Waals surface area contributed by atoms with Gasteiger partial charge >= 0.3 is 5.97 Å². The van der Waals surface area contributed by atoms with Crippen LogP contribution in [0.1, 0.15) is 65.7 Å². The van der Waals surface area contributed by atoms with Crippen LogP contribution in [-0.2, 0) is 19.1 Å². The normalized spacial score (nSPS) is 26.9. The number of benzene rings is 1. The third kappa shape index (κ3) is 6.45. The Morgan fingerprint density at radius 3 is 2.39 bits per heavy atom. The van der Waals surface area contributed by atoms with Gasteiger partial charge in [-0.1, -0.05) is 31.9 Å². The lowest BCUT2D eigenvalue weighted by Crippen LogP contribution is -2.57. The Kier molecular flexibility index (Phi) is 12.0. The first kappa shape index (κ1) is 34.1. The topological polar surface area (TPSA) is 90.4 Å². The highest BCUT2D eigenvalue weighted by atomic mass is 32.2. The lowest BCUT2D eigenvalue weighted by Gasteiger charge is -2.40. The van der Waals surface area contributed by atoms with E-state index in [1.165, 1.54) is 0 Å². The number of unbranched alkanes of at least 4 members (excludes halogenated alkanes) is 4. The zero-order valence-corrected chi connectivity index (χ0v) is 27.6. The fraction of sp³-hybridized carbons (Fsp3) is 0.629. The van der Waals surface area contributed by atoms with Gasteiger partial charge in [0.2, 0.25) is 5.91 Å². The molecule has 3 fully saturated rings. The molecule has 1 spiro atoms. The van der Waals surface area contributed by atoms with Crippen LogP contribution in [0, 0.1) is 17.8 Å². The minimum absolute atomic E-state index is 0.0472. The van der Waals surface area contributed by atoms with Gasteiger partial charge in [-0.15, -0.1) is 24.9 Å². The number of nitrogens with zero attached hydrogens (tertiary/aromatic N) is 3. The van der Waals surface area contributed by atoms with E-state index in [0.717, 1.165) is 56.6 Å². The number of likely N-dealkylation sites (tertiary alicyclic amines) is 1. The van der Waals surface area contributed by atoms with E-state index in [4.69, 9.17) is 4.74 Å². The van der Waals surface area contributed by atoms with Crippen molar-refractivity contribution in [3.05, 3.63) is 49.6 Å². The van der Waals surface area contributed by atoms with E-state index >= 15 is 0 Å². The van der Waals surface area contributed by atoms with Gasteiger partial charge in [0.15, 0.2) is 0 Å². The molecule has 242 valence electrons. The average molecular weight is 626 g/mol. The first-order valence-corrected chi connectivity index (χ1v) is 17.3. The first-order valence-electron chi connectivity index (χ1n) is 16.4. The summed E-state index contributed by atoms with van der Waals surface area (Å²) in [6, 6.07) is 7.35. The molecule has 8 nitrogen and oxygen atoms in total. The van der Waals surface area contributed by atoms with E-state index in [0.29, 0.717) is 32.5 Å². The van der Waals surface area contributed by atoms with Gasteiger partial charge < -0.3 is 24.5 Å². The van der Waals surface area contributed by atoms with Crippen LogP contribution in [0.25, 0.3) is 0 Å². The third-order valence-corrected chi connectivity index (χ3v) is 11.8. The highest BCUT2D eigenvalue weighted by Crippen LogP contribution is 2.68. The maximum Gasteiger partial charge on any atom is 0.310 e. The third-order valence-electron chi connectivity index (χ3n) is 9.72. The Hall–Kier alpha value is -2.78. The second-order valence-corrected chi connectivity index (χ2v) is 13.8. The molecule has 1 aromatic rings. The maximum atomic E-state index is 14.9. The molecule has 2 amide bonds. The van der Waals surface area contributed by atoms with Crippen LogP contribution in [0.2, 0.25) is 0 Å². The zero-order valence-electron chi connectivity index (χ0n) is 26.8. The van der Waals surface area contributed by atoms with Gasteiger partial charge in [-0.25, -0.2) is 0 Å². The number of carbonyl (C=O) groups excluding carboxylic acids is 3. The molecule has 0 aromatic heterocycles. The molecule has 6 atom stereocenters. The van der Waals surface area contributed by atoms with Crippen LogP contribution >= 0.6 is 11.8 Å². The number of esters is 1. The standard InChI is InChI=1S/C35H51N3O5S/c1-6-10-15-23-43-34(42)29-28-24-25(5)35(44-28)30(29)32(40)38(21-13-11-12-14-22-39)31(35)33(41)37(20-7-2)27-18-16-26(17-19-27)36(8-3)9-4/h6-7,16-19,25,28-31,39H,1-2,8-15,20-24H2,3-5H3/t25?,28-,29+,30-,31?,35?/m0/s1. The van der Waals surface area contributed by atoms with Gasteiger partial charge in [0.1, 0.15) is 6.04 Å². The molecular formula is C35H51N3O5S. The fourth-order valence-electron chi connectivity index (χ4n) is 7.58. The molecule has 44 heavy (non-hydrogen) atoms. The van der Waals surface area contributed by atoms with Crippen LogP contribution in [0.15, 0.2) is 49.6 Å². The highest BCUT2D eigenvalue weighted by Gasteiger charge is 2.76. The fourth-order valence-corrected chi connectivity index (χ4v) is 9.99.